The molecule has 0 spiro atoms. The van der Waals surface area contributed by atoms with Crippen molar-refractivity contribution in [3.05, 3.63) is 46.0 Å². The molecule has 15 heavy (non-hydrogen) atoms. The van der Waals surface area contributed by atoms with Gasteiger partial charge in [-0.15, -0.1) is 0 Å². The molecule has 0 fully saturated rings. The fourth-order valence-corrected chi connectivity index (χ4v) is 1.44. The van der Waals surface area contributed by atoms with E-state index in [1.165, 1.54) is 6.07 Å². The summed E-state index contributed by atoms with van der Waals surface area (Å²) in [6.07, 6.45) is 7.79. The molecule has 1 unspecified atom stereocenters. The molecule has 1 aliphatic rings. The summed E-state index contributed by atoms with van der Waals surface area (Å²) in [6, 6.07) is 3.20. The van der Waals surface area contributed by atoms with Crippen molar-refractivity contribution in [2.75, 3.05) is 7.05 Å². The molecule has 1 aliphatic carbocycles. The summed E-state index contributed by atoms with van der Waals surface area (Å²) in [4.78, 5) is 11.0. The summed E-state index contributed by atoms with van der Waals surface area (Å²) in [6.45, 7) is 2.05. The zero-order valence-electron chi connectivity index (χ0n) is 8.78. The van der Waals surface area contributed by atoms with E-state index in [-0.39, 0.29) is 11.2 Å². The highest BCUT2D eigenvalue weighted by Gasteiger charge is 2.16. The van der Waals surface area contributed by atoms with Gasteiger partial charge in [0, 0.05) is 11.6 Å². The lowest BCUT2D eigenvalue weighted by Gasteiger charge is -2.19. The molecule has 0 aromatic carbocycles. The molecule has 0 saturated heterocycles. The number of likely N-dealkylation sites (N-methyl/N-ethyl adjacent to an activating group) is 1. The van der Waals surface area contributed by atoms with Gasteiger partial charge in [0.1, 0.15) is 5.76 Å². The van der Waals surface area contributed by atoms with Gasteiger partial charge in [0.15, 0.2) is 0 Å². The SMILES string of the molecule is CNC1(C)C=Cc2ccc(=O)oc2C=C1. The molecule has 1 N–H and O–H groups in total. The molecule has 3 heteroatoms. The molecule has 1 aromatic rings. The second kappa shape index (κ2) is 3.51. The van der Waals surface area contributed by atoms with Gasteiger partial charge in [-0.25, -0.2) is 4.79 Å². The molecule has 0 amide bonds. The van der Waals surface area contributed by atoms with E-state index >= 15 is 0 Å². The van der Waals surface area contributed by atoms with Gasteiger partial charge in [-0.05, 0) is 26.1 Å². The predicted molar refractivity (Wildman–Crippen MR) is 60.5 cm³/mol. The van der Waals surface area contributed by atoms with Crippen LogP contribution in [0, 0.1) is 0 Å². The van der Waals surface area contributed by atoms with Gasteiger partial charge in [-0.3, -0.25) is 0 Å². The molecule has 0 aliphatic heterocycles. The van der Waals surface area contributed by atoms with Crippen LogP contribution < -0.4 is 10.9 Å². The van der Waals surface area contributed by atoms with E-state index in [1.54, 1.807) is 6.07 Å². The topological polar surface area (TPSA) is 42.2 Å². The Morgan fingerprint density at radius 2 is 2.00 bits per heavy atom. The first-order chi connectivity index (χ1) is 7.13. The summed E-state index contributed by atoms with van der Waals surface area (Å²) >= 11 is 0. The maximum absolute atomic E-state index is 11.0. The molecule has 0 saturated carbocycles. The third kappa shape index (κ3) is 1.92. The number of rotatable bonds is 1. The molecule has 2 rings (SSSR count). The number of hydrogen-bond donors (Lipinski definition) is 1. The van der Waals surface area contributed by atoms with Crippen molar-refractivity contribution in [2.24, 2.45) is 0 Å². The van der Waals surface area contributed by atoms with E-state index in [4.69, 9.17) is 4.42 Å². The average molecular weight is 203 g/mol. The Morgan fingerprint density at radius 1 is 1.27 bits per heavy atom. The molecular formula is C12H13NO2. The van der Waals surface area contributed by atoms with Crippen molar-refractivity contribution in [1.29, 1.82) is 0 Å². The first-order valence-electron chi connectivity index (χ1n) is 4.84. The third-order valence-corrected chi connectivity index (χ3v) is 2.62. The van der Waals surface area contributed by atoms with Crippen LogP contribution in [0.25, 0.3) is 12.2 Å². The van der Waals surface area contributed by atoms with Gasteiger partial charge in [-0.2, -0.15) is 0 Å². The normalized spacial score (nSPS) is 23.6. The predicted octanol–water partition coefficient (Wildman–Crippen LogP) is 1.66. The van der Waals surface area contributed by atoms with Gasteiger partial charge >= 0.3 is 5.63 Å². The Bertz CT molecular complexity index is 485. The van der Waals surface area contributed by atoms with Crippen LogP contribution in [0.1, 0.15) is 18.2 Å². The fourth-order valence-electron chi connectivity index (χ4n) is 1.44. The highest BCUT2D eigenvalue weighted by atomic mass is 16.4. The van der Waals surface area contributed by atoms with Crippen molar-refractivity contribution in [1.82, 2.24) is 5.32 Å². The Balaban J connectivity index is 2.53. The van der Waals surface area contributed by atoms with Gasteiger partial charge in [-0.1, -0.05) is 18.2 Å². The molecular weight excluding hydrogens is 190 g/mol. The first-order valence-corrected chi connectivity index (χ1v) is 4.84. The molecule has 78 valence electrons. The van der Waals surface area contributed by atoms with Crippen molar-refractivity contribution >= 4 is 12.2 Å². The molecule has 1 heterocycles. The van der Waals surface area contributed by atoms with Crippen LogP contribution >= 0.6 is 0 Å². The molecule has 0 bridgehead atoms. The van der Waals surface area contributed by atoms with E-state index < -0.39 is 0 Å². The lowest BCUT2D eigenvalue weighted by Crippen LogP contribution is -2.34. The van der Waals surface area contributed by atoms with Crippen LogP contribution in [0.15, 0.2) is 33.5 Å². The highest BCUT2D eigenvalue weighted by molar-refractivity contribution is 5.65. The van der Waals surface area contributed by atoms with E-state index in [1.807, 2.05) is 38.3 Å². The largest absolute Gasteiger partial charge is 0.423 e. The fraction of sp³-hybridized carbons (Fsp3) is 0.250. The Morgan fingerprint density at radius 3 is 2.73 bits per heavy atom. The standard InChI is InChI=1S/C12H13NO2/c1-12(13-2)7-5-9-3-4-11(14)15-10(9)6-8-12/h3-8,13H,1-2H3. The number of hydrogen-bond acceptors (Lipinski definition) is 3. The summed E-state index contributed by atoms with van der Waals surface area (Å²) < 4.78 is 5.10. The van der Waals surface area contributed by atoms with Gasteiger partial charge in [0.05, 0.1) is 5.54 Å². The minimum absolute atomic E-state index is 0.197. The van der Waals surface area contributed by atoms with Crippen LogP contribution in [0.5, 0.6) is 0 Å². The lowest BCUT2D eigenvalue weighted by molar-refractivity contribution is 0.499. The van der Waals surface area contributed by atoms with Gasteiger partial charge < -0.3 is 9.73 Å². The summed E-state index contributed by atoms with van der Waals surface area (Å²) in [5, 5.41) is 3.18. The molecule has 1 atom stereocenters. The minimum Gasteiger partial charge on any atom is -0.423 e. The van der Waals surface area contributed by atoms with Crippen molar-refractivity contribution in [3.8, 4) is 0 Å². The maximum atomic E-state index is 11.0. The van der Waals surface area contributed by atoms with Gasteiger partial charge in [0.25, 0.3) is 0 Å². The van der Waals surface area contributed by atoms with Gasteiger partial charge in [0.2, 0.25) is 0 Å². The number of nitrogens with one attached hydrogen (secondary N) is 1. The maximum Gasteiger partial charge on any atom is 0.336 e. The van der Waals surface area contributed by atoms with E-state index in [9.17, 15) is 4.79 Å². The smallest absolute Gasteiger partial charge is 0.336 e. The second-order valence-corrected chi connectivity index (χ2v) is 3.77. The second-order valence-electron chi connectivity index (χ2n) is 3.77. The van der Waals surface area contributed by atoms with Crippen LogP contribution in [-0.2, 0) is 0 Å². The lowest BCUT2D eigenvalue weighted by atomic mass is 10.0. The zero-order chi connectivity index (χ0) is 10.9. The van der Waals surface area contributed by atoms with E-state index in [0.29, 0.717) is 5.76 Å². The van der Waals surface area contributed by atoms with Crippen LogP contribution in [0.3, 0.4) is 0 Å². The summed E-state index contributed by atoms with van der Waals surface area (Å²) in [7, 11) is 1.89. The number of fused-ring (bicyclic) bond motifs is 1. The molecule has 0 radical (unpaired) electrons. The highest BCUT2D eigenvalue weighted by Crippen LogP contribution is 2.20. The van der Waals surface area contributed by atoms with Crippen LogP contribution in [0.4, 0.5) is 0 Å². The average Bonchev–Trinajstić information content (AvgIpc) is 2.40. The quantitative estimate of drug-likeness (QED) is 0.754. The minimum atomic E-state index is -0.320. The summed E-state index contributed by atoms with van der Waals surface area (Å²) in [5.41, 5.74) is 0.405. The van der Waals surface area contributed by atoms with Crippen molar-refractivity contribution in [3.63, 3.8) is 0 Å². The summed E-state index contributed by atoms with van der Waals surface area (Å²) in [5.74, 6) is 0.609. The Labute approximate surface area is 88.1 Å². The molecule has 1 aromatic heterocycles. The van der Waals surface area contributed by atoms with Crippen LogP contribution in [0.2, 0.25) is 0 Å². The van der Waals surface area contributed by atoms with Crippen LogP contribution in [-0.4, -0.2) is 12.6 Å². The molecule has 3 nitrogen and oxygen atoms in total. The Hall–Kier alpha value is -1.61. The Kier molecular flexibility index (Phi) is 2.32. The third-order valence-electron chi connectivity index (χ3n) is 2.62. The van der Waals surface area contributed by atoms with Crippen molar-refractivity contribution in [2.45, 2.75) is 12.5 Å². The van der Waals surface area contributed by atoms with E-state index in [2.05, 4.69) is 5.32 Å². The van der Waals surface area contributed by atoms with Crippen molar-refractivity contribution < 1.29 is 4.42 Å². The van der Waals surface area contributed by atoms with E-state index in [0.717, 1.165) is 5.56 Å². The monoisotopic (exact) mass is 203 g/mol. The zero-order valence-corrected chi connectivity index (χ0v) is 8.78. The first kappa shape index (κ1) is 9.93.